The van der Waals surface area contributed by atoms with Gasteiger partial charge in [0.25, 0.3) is 0 Å². The van der Waals surface area contributed by atoms with Crippen molar-refractivity contribution in [3.05, 3.63) is 0 Å². The number of carbonyl (C=O) groups is 1. The zero-order valence-corrected chi connectivity index (χ0v) is 11.2. The Kier molecular flexibility index (Phi) is 4.77. The van der Waals surface area contributed by atoms with Gasteiger partial charge in [0.05, 0.1) is 24.3 Å². The fraction of sp³-hybridized carbons (Fsp3) is 0.917. The molecule has 0 spiro atoms. The molecule has 1 aliphatic rings. The van der Waals surface area contributed by atoms with Crippen molar-refractivity contribution in [1.29, 1.82) is 0 Å². The molecule has 1 saturated heterocycles. The molecule has 0 bridgehead atoms. The van der Waals surface area contributed by atoms with Gasteiger partial charge in [0.2, 0.25) is 0 Å². The van der Waals surface area contributed by atoms with Crippen LogP contribution in [0, 0.1) is 0 Å². The topological polar surface area (TPSA) is 61.8 Å². The van der Waals surface area contributed by atoms with Crippen LogP contribution in [-0.4, -0.2) is 53.5 Å². The summed E-state index contributed by atoms with van der Waals surface area (Å²) in [7, 11) is 0. The number of aliphatic hydroxyl groups is 1. The molecule has 0 aromatic heterocycles. The smallest absolute Gasteiger partial charge is 0.317 e. The molecule has 0 aromatic carbocycles. The lowest BCUT2D eigenvalue weighted by atomic mass is 10.1. The number of carbonyl (C=O) groups excluding carboxylic acids is 1. The minimum atomic E-state index is -0.870. The summed E-state index contributed by atoms with van der Waals surface area (Å²) in [5.74, 6) is 0. The minimum absolute atomic E-state index is 0.0693. The lowest BCUT2D eigenvalue weighted by Crippen LogP contribution is -2.50. The van der Waals surface area contributed by atoms with Crippen LogP contribution in [0.1, 0.15) is 34.1 Å². The highest BCUT2D eigenvalue weighted by atomic mass is 16.5. The molecule has 2 unspecified atom stereocenters. The Labute approximate surface area is 103 Å². The van der Waals surface area contributed by atoms with Crippen molar-refractivity contribution in [2.45, 2.75) is 51.9 Å². The van der Waals surface area contributed by atoms with Gasteiger partial charge >= 0.3 is 6.03 Å². The lowest BCUT2D eigenvalue weighted by Gasteiger charge is -2.29. The molecule has 100 valence electrons. The van der Waals surface area contributed by atoms with Crippen LogP contribution >= 0.6 is 0 Å². The van der Waals surface area contributed by atoms with Crippen molar-refractivity contribution < 1.29 is 14.6 Å². The maximum absolute atomic E-state index is 12.0. The Hall–Kier alpha value is -0.810. The highest BCUT2D eigenvalue weighted by Crippen LogP contribution is 2.13. The van der Waals surface area contributed by atoms with E-state index in [0.29, 0.717) is 19.7 Å². The van der Waals surface area contributed by atoms with E-state index in [1.165, 1.54) is 0 Å². The number of hydrogen-bond acceptors (Lipinski definition) is 3. The fourth-order valence-electron chi connectivity index (χ4n) is 1.97. The Morgan fingerprint density at radius 3 is 2.65 bits per heavy atom. The van der Waals surface area contributed by atoms with Crippen molar-refractivity contribution >= 4 is 6.03 Å². The molecule has 0 aliphatic carbocycles. The van der Waals surface area contributed by atoms with E-state index < -0.39 is 5.60 Å². The van der Waals surface area contributed by atoms with Gasteiger partial charge in [-0.3, -0.25) is 0 Å². The number of rotatable bonds is 4. The number of likely N-dealkylation sites (N-methyl/N-ethyl adjacent to an activating group) is 1. The molecule has 0 radical (unpaired) electrons. The van der Waals surface area contributed by atoms with Gasteiger partial charge in [-0.25, -0.2) is 4.79 Å². The molecule has 1 aliphatic heterocycles. The molecule has 1 rings (SSSR count). The van der Waals surface area contributed by atoms with Gasteiger partial charge in [0.15, 0.2) is 0 Å². The number of hydrogen-bond donors (Lipinski definition) is 2. The van der Waals surface area contributed by atoms with E-state index in [0.717, 1.165) is 6.42 Å². The maximum Gasteiger partial charge on any atom is 0.317 e. The molecule has 1 heterocycles. The van der Waals surface area contributed by atoms with Crippen LogP contribution in [-0.2, 0) is 4.74 Å². The molecule has 17 heavy (non-hydrogen) atoms. The van der Waals surface area contributed by atoms with E-state index >= 15 is 0 Å². The number of nitrogens with zero attached hydrogens (tertiary/aromatic N) is 1. The zero-order valence-electron chi connectivity index (χ0n) is 11.2. The first-order chi connectivity index (χ1) is 7.83. The van der Waals surface area contributed by atoms with Crippen LogP contribution in [0.4, 0.5) is 4.79 Å². The average Bonchev–Trinajstić information content (AvgIpc) is 2.59. The Balaban J connectivity index is 2.49. The molecular formula is C12H24N2O3. The SMILES string of the molecule is CCN(CC(C)(C)O)C(=O)NC1CCOC1C. The van der Waals surface area contributed by atoms with Crippen molar-refractivity contribution in [1.82, 2.24) is 10.2 Å². The van der Waals surface area contributed by atoms with E-state index in [9.17, 15) is 9.90 Å². The first-order valence-corrected chi connectivity index (χ1v) is 6.23. The monoisotopic (exact) mass is 244 g/mol. The summed E-state index contributed by atoms with van der Waals surface area (Å²) in [5.41, 5.74) is -0.870. The fourth-order valence-corrected chi connectivity index (χ4v) is 1.97. The van der Waals surface area contributed by atoms with Crippen molar-refractivity contribution in [3.63, 3.8) is 0 Å². The number of amides is 2. The quantitative estimate of drug-likeness (QED) is 0.774. The van der Waals surface area contributed by atoms with Crippen LogP contribution in [0.25, 0.3) is 0 Å². The predicted octanol–water partition coefficient (Wildman–Crippen LogP) is 0.966. The predicted molar refractivity (Wildman–Crippen MR) is 65.9 cm³/mol. The van der Waals surface area contributed by atoms with Crippen LogP contribution < -0.4 is 5.32 Å². The van der Waals surface area contributed by atoms with Crippen molar-refractivity contribution in [2.75, 3.05) is 19.7 Å². The standard InChI is InChI=1S/C12H24N2O3/c1-5-14(8-12(3,4)16)11(15)13-10-6-7-17-9(10)2/h9-10,16H,5-8H2,1-4H3,(H,13,15). The summed E-state index contributed by atoms with van der Waals surface area (Å²) in [6.07, 6.45) is 0.923. The summed E-state index contributed by atoms with van der Waals surface area (Å²) < 4.78 is 5.40. The molecule has 2 N–H and O–H groups in total. The van der Waals surface area contributed by atoms with Crippen molar-refractivity contribution in [2.24, 2.45) is 0 Å². The van der Waals surface area contributed by atoms with Gasteiger partial charge < -0.3 is 20.1 Å². The van der Waals surface area contributed by atoms with Gasteiger partial charge in [0.1, 0.15) is 0 Å². The van der Waals surface area contributed by atoms with Crippen LogP contribution in [0.15, 0.2) is 0 Å². The first kappa shape index (κ1) is 14.3. The Bertz CT molecular complexity index is 263. The third-order valence-electron chi connectivity index (χ3n) is 2.93. The summed E-state index contributed by atoms with van der Waals surface area (Å²) in [6.45, 7) is 8.87. The summed E-state index contributed by atoms with van der Waals surface area (Å²) in [6, 6.07) is -0.0460. The number of urea groups is 1. The normalized spacial score (nSPS) is 24.8. The summed E-state index contributed by atoms with van der Waals surface area (Å²) >= 11 is 0. The van der Waals surface area contributed by atoms with Crippen LogP contribution in [0.3, 0.4) is 0 Å². The molecule has 1 fully saturated rings. The molecule has 2 amide bonds. The molecule has 0 saturated carbocycles. The number of nitrogens with one attached hydrogen (secondary N) is 1. The number of ether oxygens (including phenoxy) is 1. The van der Waals surface area contributed by atoms with E-state index in [-0.39, 0.29) is 18.2 Å². The van der Waals surface area contributed by atoms with Gasteiger partial charge in [-0.2, -0.15) is 0 Å². The van der Waals surface area contributed by atoms with E-state index in [2.05, 4.69) is 5.32 Å². The van der Waals surface area contributed by atoms with Gasteiger partial charge in [-0.15, -0.1) is 0 Å². The van der Waals surface area contributed by atoms with E-state index in [4.69, 9.17) is 4.74 Å². The highest BCUT2D eigenvalue weighted by Gasteiger charge is 2.28. The minimum Gasteiger partial charge on any atom is -0.389 e. The van der Waals surface area contributed by atoms with E-state index in [1.54, 1.807) is 18.7 Å². The third kappa shape index (κ3) is 4.52. The summed E-state index contributed by atoms with van der Waals surface area (Å²) in [4.78, 5) is 13.6. The molecule has 2 atom stereocenters. The van der Waals surface area contributed by atoms with Crippen molar-refractivity contribution in [3.8, 4) is 0 Å². The summed E-state index contributed by atoms with van der Waals surface area (Å²) in [5, 5.41) is 12.7. The van der Waals surface area contributed by atoms with Crippen LogP contribution in [0.2, 0.25) is 0 Å². The largest absolute Gasteiger partial charge is 0.389 e. The van der Waals surface area contributed by atoms with Gasteiger partial charge in [-0.05, 0) is 34.1 Å². The van der Waals surface area contributed by atoms with Crippen LogP contribution in [0.5, 0.6) is 0 Å². The third-order valence-corrected chi connectivity index (χ3v) is 2.93. The Morgan fingerprint density at radius 1 is 1.59 bits per heavy atom. The molecule has 0 aromatic rings. The second-order valence-electron chi connectivity index (χ2n) is 5.25. The maximum atomic E-state index is 12.0. The van der Waals surface area contributed by atoms with E-state index in [1.807, 2.05) is 13.8 Å². The second-order valence-corrected chi connectivity index (χ2v) is 5.25. The molecular weight excluding hydrogens is 220 g/mol. The Morgan fingerprint density at radius 2 is 2.24 bits per heavy atom. The van der Waals surface area contributed by atoms with Gasteiger partial charge in [-0.1, -0.05) is 0 Å². The average molecular weight is 244 g/mol. The molecule has 5 nitrogen and oxygen atoms in total. The first-order valence-electron chi connectivity index (χ1n) is 6.23. The zero-order chi connectivity index (χ0) is 13.1. The van der Waals surface area contributed by atoms with Gasteiger partial charge in [0, 0.05) is 13.2 Å². The lowest BCUT2D eigenvalue weighted by molar-refractivity contribution is 0.0468. The highest BCUT2D eigenvalue weighted by molar-refractivity contribution is 5.74. The second kappa shape index (κ2) is 5.69. The molecule has 5 heteroatoms.